The Balaban J connectivity index is 2.44. The summed E-state index contributed by atoms with van der Waals surface area (Å²) in [7, 11) is 1.89. The third-order valence-electron chi connectivity index (χ3n) is 2.27. The van der Waals surface area contributed by atoms with Crippen LogP contribution in [0.25, 0.3) is 11.3 Å². The Kier molecular flexibility index (Phi) is 2.09. The van der Waals surface area contributed by atoms with Crippen molar-refractivity contribution in [2.24, 2.45) is 12.8 Å². The van der Waals surface area contributed by atoms with E-state index in [1.54, 1.807) is 10.9 Å². The van der Waals surface area contributed by atoms with Crippen LogP contribution in [0.1, 0.15) is 11.5 Å². The van der Waals surface area contributed by atoms with Crippen LogP contribution < -0.4 is 5.73 Å². The standard InChI is InChI=1S/C9H12N4O/c1-6-8(5-11-13(6)2)9-3-7(4-10)14-12-9/h3,5H,4,10H2,1-2H3. The summed E-state index contributed by atoms with van der Waals surface area (Å²) in [4.78, 5) is 0. The van der Waals surface area contributed by atoms with Gasteiger partial charge in [0.15, 0.2) is 5.76 Å². The predicted molar refractivity (Wildman–Crippen MR) is 51.3 cm³/mol. The molecule has 0 atom stereocenters. The molecular weight excluding hydrogens is 180 g/mol. The van der Waals surface area contributed by atoms with E-state index in [2.05, 4.69) is 10.3 Å². The van der Waals surface area contributed by atoms with Gasteiger partial charge < -0.3 is 10.3 Å². The SMILES string of the molecule is Cc1c(-c2cc(CN)on2)cnn1C. The Morgan fingerprint density at radius 1 is 1.57 bits per heavy atom. The lowest BCUT2D eigenvalue weighted by molar-refractivity contribution is 0.387. The molecule has 0 fully saturated rings. The van der Waals surface area contributed by atoms with Gasteiger partial charge in [-0.3, -0.25) is 4.68 Å². The molecule has 14 heavy (non-hydrogen) atoms. The van der Waals surface area contributed by atoms with Crippen LogP contribution in [0, 0.1) is 6.92 Å². The summed E-state index contributed by atoms with van der Waals surface area (Å²) >= 11 is 0. The highest BCUT2D eigenvalue weighted by Gasteiger charge is 2.10. The van der Waals surface area contributed by atoms with Crippen molar-refractivity contribution in [3.05, 3.63) is 23.7 Å². The zero-order valence-corrected chi connectivity index (χ0v) is 8.19. The van der Waals surface area contributed by atoms with Crippen molar-refractivity contribution in [2.75, 3.05) is 0 Å². The monoisotopic (exact) mass is 192 g/mol. The molecule has 0 saturated carbocycles. The smallest absolute Gasteiger partial charge is 0.150 e. The first-order valence-corrected chi connectivity index (χ1v) is 4.37. The highest BCUT2D eigenvalue weighted by atomic mass is 16.5. The largest absolute Gasteiger partial charge is 0.359 e. The normalized spacial score (nSPS) is 10.8. The fraction of sp³-hybridized carbons (Fsp3) is 0.333. The molecule has 0 amide bonds. The van der Waals surface area contributed by atoms with Gasteiger partial charge in [-0.05, 0) is 6.92 Å². The van der Waals surface area contributed by atoms with Gasteiger partial charge >= 0.3 is 0 Å². The number of nitrogens with two attached hydrogens (primary N) is 1. The van der Waals surface area contributed by atoms with E-state index in [1.807, 2.05) is 20.0 Å². The number of rotatable bonds is 2. The Morgan fingerprint density at radius 3 is 2.86 bits per heavy atom. The quantitative estimate of drug-likeness (QED) is 0.765. The van der Waals surface area contributed by atoms with Gasteiger partial charge in [-0.1, -0.05) is 5.16 Å². The molecule has 0 unspecified atom stereocenters. The van der Waals surface area contributed by atoms with Crippen molar-refractivity contribution in [1.82, 2.24) is 14.9 Å². The van der Waals surface area contributed by atoms with Gasteiger partial charge in [0.2, 0.25) is 0 Å². The summed E-state index contributed by atoms with van der Waals surface area (Å²) in [5, 5.41) is 8.05. The molecule has 2 aromatic heterocycles. The third-order valence-corrected chi connectivity index (χ3v) is 2.27. The number of aryl methyl sites for hydroxylation is 1. The Labute approximate surface area is 81.5 Å². The first-order chi connectivity index (χ1) is 6.72. The summed E-state index contributed by atoms with van der Waals surface area (Å²) in [5.74, 6) is 0.684. The molecule has 2 heterocycles. The average Bonchev–Trinajstić information content (AvgIpc) is 2.75. The molecule has 0 saturated heterocycles. The van der Waals surface area contributed by atoms with Crippen molar-refractivity contribution < 1.29 is 4.52 Å². The fourth-order valence-electron chi connectivity index (χ4n) is 1.29. The van der Waals surface area contributed by atoms with Gasteiger partial charge in [-0.15, -0.1) is 0 Å². The maximum absolute atomic E-state index is 5.43. The molecule has 0 aliphatic heterocycles. The molecule has 0 aliphatic rings. The van der Waals surface area contributed by atoms with Crippen LogP contribution in [-0.2, 0) is 13.6 Å². The summed E-state index contributed by atoms with van der Waals surface area (Å²) in [6.45, 7) is 2.35. The van der Waals surface area contributed by atoms with Gasteiger partial charge in [0.25, 0.3) is 0 Å². The molecule has 0 aromatic carbocycles. The highest BCUT2D eigenvalue weighted by molar-refractivity contribution is 5.60. The highest BCUT2D eigenvalue weighted by Crippen LogP contribution is 2.21. The summed E-state index contributed by atoms with van der Waals surface area (Å²) < 4.78 is 6.82. The van der Waals surface area contributed by atoms with E-state index in [-0.39, 0.29) is 0 Å². The second kappa shape index (κ2) is 3.26. The molecule has 2 N–H and O–H groups in total. The molecule has 5 heteroatoms. The predicted octanol–water partition coefficient (Wildman–Crippen LogP) is 0.842. The van der Waals surface area contributed by atoms with E-state index < -0.39 is 0 Å². The maximum Gasteiger partial charge on any atom is 0.150 e. The molecule has 0 spiro atoms. The maximum atomic E-state index is 5.43. The second-order valence-corrected chi connectivity index (χ2v) is 3.15. The lowest BCUT2D eigenvalue weighted by Gasteiger charge is -1.94. The van der Waals surface area contributed by atoms with Gasteiger partial charge in [0.1, 0.15) is 5.69 Å². The first kappa shape index (κ1) is 8.96. The molecule has 2 aromatic rings. The summed E-state index contributed by atoms with van der Waals surface area (Å²) in [5.41, 5.74) is 8.26. The third kappa shape index (κ3) is 1.31. The van der Waals surface area contributed by atoms with Crippen LogP contribution in [0.2, 0.25) is 0 Å². The lowest BCUT2D eigenvalue weighted by atomic mass is 10.2. The number of aromatic nitrogens is 3. The van der Waals surface area contributed by atoms with E-state index in [1.165, 1.54) is 0 Å². The minimum Gasteiger partial charge on any atom is -0.359 e. The zero-order chi connectivity index (χ0) is 10.1. The lowest BCUT2D eigenvalue weighted by Crippen LogP contribution is -1.93. The first-order valence-electron chi connectivity index (χ1n) is 4.37. The molecule has 0 bridgehead atoms. The van der Waals surface area contributed by atoms with Crippen LogP contribution >= 0.6 is 0 Å². The van der Waals surface area contributed by atoms with E-state index >= 15 is 0 Å². The Hall–Kier alpha value is -1.62. The van der Waals surface area contributed by atoms with E-state index in [0.717, 1.165) is 17.0 Å². The minimum absolute atomic E-state index is 0.367. The molecule has 2 rings (SSSR count). The Bertz CT molecular complexity index is 443. The topological polar surface area (TPSA) is 69.9 Å². The van der Waals surface area contributed by atoms with Crippen LogP contribution in [0.15, 0.2) is 16.8 Å². The van der Waals surface area contributed by atoms with Crippen molar-refractivity contribution in [3.8, 4) is 11.3 Å². The van der Waals surface area contributed by atoms with E-state index in [9.17, 15) is 0 Å². The van der Waals surface area contributed by atoms with Crippen molar-refractivity contribution in [1.29, 1.82) is 0 Å². The van der Waals surface area contributed by atoms with Gasteiger partial charge in [-0.25, -0.2) is 0 Å². The molecule has 0 radical (unpaired) electrons. The Morgan fingerprint density at radius 2 is 2.36 bits per heavy atom. The average molecular weight is 192 g/mol. The van der Waals surface area contributed by atoms with E-state index in [4.69, 9.17) is 10.3 Å². The van der Waals surface area contributed by atoms with Gasteiger partial charge in [-0.2, -0.15) is 5.10 Å². The number of hydrogen-bond acceptors (Lipinski definition) is 4. The molecule has 5 nitrogen and oxygen atoms in total. The number of nitrogens with zero attached hydrogens (tertiary/aromatic N) is 3. The van der Waals surface area contributed by atoms with Crippen molar-refractivity contribution in [3.63, 3.8) is 0 Å². The number of hydrogen-bond donors (Lipinski definition) is 1. The van der Waals surface area contributed by atoms with Crippen LogP contribution in [0.3, 0.4) is 0 Å². The molecular formula is C9H12N4O. The van der Waals surface area contributed by atoms with Gasteiger partial charge in [0, 0.05) is 24.4 Å². The molecule has 0 aliphatic carbocycles. The second-order valence-electron chi connectivity index (χ2n) is 3.15. The van der Waals surface area contributed by atoms with Crippen molar-refractivity contribution >= 4 is 0 Å². The van der Waals surface area contributed by atoms with Crippen molar-refractivity contribution in [2.45, 2.75) is 13.5 Å². The summed E-state index contributed by atoms with van der Waals surface area (Å²) in [6.07, 6.45) is 1.77. The molecule has 74 valence electrons. The van der Waals surface area contributed by atoms with Crippen LogP contribution in [-0.4, -0.2) is 14.9 Å². The van der Waals surface area contributed by atoms with E-state index in [0.29, 0.717) is 12.3 Å². The summed E-state index contributed by atoms with van der Waals surface area (Å²) in [6, 6.07) is 1.84. The van der Waals surface area contributed by atoms with Crippen LogP contribution in [0.4, 0.5) is 0 Å². The van der Waals surface area contributed by atoms with Crippen LogP contribution in [0.5, 0.6) is 0 Å². The van der Waals surface area contributed by atoms with Gasteiger partial charge in [0.05, 0.1) is 12.7 Å². The fourth-order valence-corrected chi connectivity index (χ4v) is 1.29. The zero-order valence-electron chi connectivity index (χ0n) is 8.19. The minimum atomic E-state index is 0.367.